The number of para-hydroxylation sites is 1. The summed E-state index contributed by atoms with van der Waals surface area (Å²) >= 11 is 0. The maximum Gasteiger partial charge on any atom is 0.319 e. The summed E-state index contributed by atoms with van der Waals surface area (Å²) in [6.45, 7) is 7.08. The van der Waals surface area contributed by atoms with Crippen LogP contribution >= 0.6 is 0 Å². The number of hydrogen-bond acceptors (Lipinski definition) is 3. The monoisotopic (exact) mass is 313 g/mol. The summed E-state index contributed by atoms with van der Waals surface area (Å²) < 4.78 is 5.80. The smallest absolute Gasteiger partial charge is 0.319 e. The molecule has 0 aliphatic heterocycles. The minimum absolute atomic E-state index is 0.234. The first-order valence-electron chi connectivity index (χ1n) is 7.73. The number of amides is 2. The van der Waals surface area contributed by atoms with Crippen LogP contribution in [0.1, 0.15) is 23.2 Å². The van der Waals surface area contributed by atoms with Crippen LogP contribution in [0, 0.1) is 20.8 Å². The number of carbonyl (C=O) groups excluding carboxylic acids is 1. The average molecular weight is 313 g/mol. The van der Waals surface area contributed by atoms with Crippen LogP contribution in [0.5, 0.6) is 5.75 Å². The van der Waals surface area contributed by atoms with Crippen molar-refractivity contribution in [1.82, 2.24) is 10.3 Å². The first-order chi connectivity index (χ1) is 11.1. The highest BCUT2D eigenvalue weighted by Crippen LogP contribution is 2.22. The van der Waals surface area contributed by atoms with E-state index in [2.05, 4.69) is 15.6 Å². The third-order valence-electron chi connectivity index (χ3n) is 3.43. The number of rotatable bonds is 6. The zero-order chi connectivity index (χ0) is 16.7. The van der Waals surface area contributed by atoms with Crippen molar-refractivity contribution >= 4 is 11.7 Å². The minimum atomic E-state index is -0.234. The predicted octanol–water partition coefficient (Wildman–Crippen LogP) is 3.60. The quantitative estimate of drug-likeness (QED) is 0.801. The van der Waals surface area contributed by atoms with E-state index in [1.54, 1.807) is 6.20 Å². The third kappa shape index (κ3) is 5.29. The second kappa shape index (κ2) is 8.17. The molecule has 0 aliphatic rings. The van der Waals surface area contributed by atoms with E-state index in [-0.39, 0.29) is 6.03 Å². The number of hydrogen-bond donors (Lipinski definition) is 2. The van der Waals surface area contributed by atoms with Gasteiger partial charge in [-0.2, -0.15) is 0 Å². The number of nitrogens with one attached hydrogen (secondary N) is 2. The normalized spacial score (nSPS) is 10.2. The molecule has 2 amide bonds. The molecule has 0 atom stereocenters. The number of anilines is 1. The molecule has 5 heteroatoms. The van der Waals surface area contributed by atoms with Crippen LogP contribution < -0.4 is 15.4 Å². The van der Waals surface area contributed by atoms with Crippen LogP contribution in [0.15, 0.2) is 36.5 Å². The van der Waals surface area contributed by atoms with Crippen LogP contribution in [-0.2, 0) is 0 Å². The number of benzene rings is 1. The van der Waals surface area contributed by atoms with E-state index in [1.165, 1.54) is 0 Å². The first kappa shape index (κ1) is 16.8. The van der Waals surface area contributed by atoms with E-state index < -0.39 is 0 Å². The summed E-state index contributed by atoms with van der Waals surface area (Å²) in [5.74, 6) is 0.933. The molecule has 2 aromatic rings. The van der Waals surface area contributed by atoms with Crippen molar-refractivity contribution in [2.75, 3.05) is 18.5 Å². The standard InChI is InChI=1S/C18H23N3O2/c1-13-6-4-7-14(2)17(13)23-11-5-10-19-18(22)21-16-9-8-15(3)20-12-16/h4,6-9,12H,5,10-11H2,1-3H3,(H2,19,21,22). The molecular weight excluding hydrogens is 290 g/mol. The molecule has 1 aromatic heterocycles. The van der Waals surface area contributed by atoms with Gasteiger partial charge in [0.1, 0.15) is 5.75 Å². The number of pyridine rings is 1. The van der Waals surface area contributed by atoms with Crippen LogP contribution in [-0.4, -0.2) is 24.2 Å². The van der Waals surface area contributed by atoms with Gasteiger partial charge in [-0.1, -0.05) is 18.2 Å². The third-order valence-corrected chi connectivity index (χ3v) is 3.43. The lowest BCUT2D eigenvalue weighted by Gasteiger charge is -2.12. The van der Waals surface area contributed by atoms with Gasteiger partial charge in [0, 0.05) is 12.2 Å². The molecule has 0 aliphatic carbocycles. The Morgan fingerprint density at radius 2 is 1.87 bits per heavy atom. The number of nitrogens with zero attached hydrogens (tertiary/aromatic N) is 1. The van der Waals surface area contributed by atoms with E-state index in [4.69, 9.17) is 4.74 Å². The van der Waals surface area contributed by atoms with Crippen LogP contribution in [0.2, 0.25) is 0 Å². The van der Waals surface area contributed by atoms with Crippen molar-refractivity contribution in [3.63, 3.8) is 0 Å². The number of urea groups is 1. The number of aryl methyl sites for hydroxylation is 3. The Kier molecular flexibility index (Phi) is 5.97. The molecule has 5 nitrogen and oxygen atoms in total. The van der Waals surface area contributed by atoms with Gasteiger partial charge < -0.3 is 15.4 Å². The Hall–Kier alpha value is -2.56. The topological polar surface area (TPSA) is 63.2 Å². The molecule has 2 N–H and O–H groups in total. The molecule has 0 saturated heterocycles. The predicted molar refractivity (Wildman–Crippen MR) is 92.0 cm³/mol. The Labute approximate surface area is 137 Å². The summed E-state index contributed by atoms with van der Waals surface area (Å²) in [7, 11) is 0. The van der Waals surface area contributed by atoms with Crippen molar-refractivity contribution in [3.05, 3.63) is 53.3 Å². The minimum Gasteiger partial charge on any atom is -0.493 e. The number of carbonyl (C=O) groups is 1. The molecule has 122 valence electrons. The number of aromatic nitrogens is 1. The molecule has 0 radical (unpaired) electrons. The lowest BCUT2D eigenvalue weighted by molar-refractivity contribution is 0.250. The van der Waals surface area contributed by atoms with Gasteiger partial charge in [0.15, 0.2) is 0 Å². The van der Waals surface area contributed by atoms with E-state index in [0.717, 1.165) is 29.0 Å². The van der Waals surface area contributed by atoms with Gasteiger partial charge >= 0.3 is 6.03 Å². The summed E-state index contributed by atoms with van der Waals surface area (Å²) in [5.41, 5.74) is 3.85. The van der Waals surface area contributed by atoms with E-state index in [1.807, 2.05) is 51.1 Å². The molecule has 0 spiro atoms. The highest BCUT2D eigenvalue weighted by Gasteiger charge is 2.04. The van der Waals surface area contributed by atoms with Crippen molar-refractivity contribution in [2.45, 2.75) is 27.2 Å². The van der Waals surface area contributed by atoms with Gasteiger partial charge in [-0.15, -0.1) is 0 Å². The van der Waals surface area contributed by atoms with E-state index in [9.17, 15) is 4.79 Å². The Bertz CT molecular complexity index is 634. The molecule has 0 saturated carbocycles. The van der Waals surface area contributed by atoms with Crippen molar-refractivity contribution in [3.8, 4) is 5.75 Å². The molecule has 2 rings (SSSR count). The largest absolute Gasteiger partial charge is 0.493 e. The second-order valence-electron chi connectivity index (χ2n) is 5.49. The van der Waals surface area contributed by atoms with Gasteiger partial charge in [-0.05, 0) is 50.5 Å². The maximum absolute atomic E-state index is 11.7. The lowest BCUT2D eigenvalue weighted by atomic mass is 10.1. The second-order valence-corrected chi connectivity index (χ2v) is 5.49. The SMILES string of the molecule is Cc1ccc(NC(=O)NCCCOc2c(C)cccc2C)cn1. The van der Waals surface area contributed by atoms with Crippen LogP contribution in [0.25, 0.3) is 0 Å². The van der Waals surface area contributed by atoms with Crippen LogP contribution in [0.3, 0.4) is 0 Å². The summed E-state index contributed by atoms with van der Waals surface area (Å²) in [6.07, 6.45) is 2.38. The Morgan fingerprint density at radius 3 is 2.52 bits per heavy atom. The van der Waals surface area contributed by atoms with Crippen molar-refractivity contribution in [2.24, 2.45) is 0 Å². The zero-order valence-corrected chi connectivity index (χ0v) is 13.8. The maximum atomic E-state index is 11.7. The van der Waals surface area contributed by atoms with Crippen molar-refractivity contribution in [1.29, 1.82) is 0 Å². The van der Waals surface area contributed by atoms with Crippen LogP contribution in [0.4, 0.5) is 10.5 Å². The van der Waals surface area contributed by atoms with Gasteiger partial charge in [-0.3, -0.25) is 4.98 Å². The molecule has 0 bridgehead atoms. The lowest BCUT2D eigenvalue weighted by Crippen LogP contribution is -2.30. The van der Waals surface area contributed by atoms with Crippen molar-refractivity contribution < 1.29 is 9.53 Å². The fraction of sp³-hybridized carbons (Fsp3) is 0.333. The molecule has 1 heterocycles. The summed E-state index contributed by atoms with van der Waals surface area (Å²) in [6, 6.07) is 9.53. The Balaban J connectivity index is 1.67. The van der Waals surface area contributed by atoms with Gasteiger partial charge in [0.2, 0.25) is 0 Å². The van der Waals surface area contributed by atoms with Gasteiger partial charge in [0.05, 0.1) is 18.5 Å². The van der Waals surface area contributed by atoms with E-state index in [0.29, 0.717) is 18.8 Å². The van der Waals surface area contributed by atoms with Gasteiger partial charge in [0.25, 0.3) is 0 Å². The molecule has 0 fully saturated rings. The Morgan fingerprint density at radius 1 is 1.13 bits per heavy atom. The zero-order valence-electron chi connectivity index (χ0n) is 13.8. The molecule has 1 aromatic carbocycles. The molecule has 23 heavy (non-hydrogen) atoms. The average Bonchev–Trinajstić information content (AvgIpc) is 2.52. The number of ether oxygens (including phenoxy) is 1. The highest BCUT2D eigenvalue weighted by atomic mass is 16.5. The highest BCUT2D eigenvalue weighted by molar-refractivity contribution is 5.88. The summed E-state index contributed by atoms with van der Waals surface area (Å²) in [5, 5.41) is 5.55. The van der Waals surface area contributed by atoms with Gasteiger partial charge in [-0.25, -0.2) is 4.79 Å². The first-order valence-corrected chi connectivity index (χ1v) is 7.73. The summed E-state index contributed by atoms with van der Waals surface area (Å²) in [4.78, 5) is 15.9. The molecular formula is C18H23N3O2. The fourth-order valence-electron chi connectivity index (χ4n) is 2.19. The fourth-order valence-corrected chi connectivity index (χ4v) is 2.19. The molecule has 0 unspecified atom stereocenters. The van der Waals surface area contributed by atoms with E-state index >= 15 is 0 Å².